The average molecular weight is 87.3 g/mol. The van der Waals surface area contributed by atoms with Gasteiger partial charge in [0, 0.05) is 23.1 Å². The molecule has 0 rings (SSSR count). The first-order valence-corrected chi connectivity index (χ1v) is 0.565. The second-order valence-corrected chi connectivity index (χ2v) is 0.238. The Morgan fingerprint density at radius 1 is 1.80 bits per heavy atom. The highest BCUT2D eigenvalue weighted by Crippen LogP contribution is 1.38. The third-order valence-electron chi connectivity index (χ3n) is 0. The van der Waals surface area contributed by atoms with Crippen LogP contribution in [0, 0.1) is 10.1 Å². The lowest BCUT2D eigenvalue weighted by atomic mass is 13.1. The summed E-state index contributed by atoms with van der Waals surface area (Å²) in [6.07, 6.45) is 0. The Kier molecular flexibility index (Phi) is 7.04. The molecular weight excluding hydrogens is 86.3 g/mol. The van der Waals surface area contributed by atoms with Crippen molar-refractivity contribution in [2.24, 2.45) is 0 Å². The Bertz CT molecular complexity index is 29.9. The van der Waals surface area contributed by atoms with Crippen LogP contribution < -0.4 is 0 Å². The quantitative estimate of drug-likeness (QED) is 0.241. The van der Waals surface area contributed by atoms with Crippen LogP contribution in [0.2, 0.25) is 0 Å². The minimum atomic E-state index is -1.50. The molecule has 0 aliphatic heterocycles. The second-order valence-electron chi connectivity index (χ2n) is 0.238. The standard InChI is InChI=1S/Mg.HNO3/c;2-1(3)4/h;(H,2,3,4). The smallest absolute Gasteiger partial charge is 0.291 e. The Labute approximate surface area is 44.0 Å². The van der Waals surface area contributed by atoms with Gasteiger partial charge in [-0.15, -0.1) is 10.1 Å². The molecule has 5 heteroatoms. The summed E-state index contributed by atoms with van der Waals surface area (Å²) in [7, 11) is 0. The number of hydrogen-bond acceptors (Lipinski definition) is 2. The normalized spacial score (nSPS) is 4.80. The Morgan fingerprint density at radius 2 is 1.80 bits per heavy atom. The van der Waals surface area contributed by atoms with Gasteiger partial charge in [-0.3, -0.25) is 0 Å². The molecule has 0 saturated carbocycles. The zero-order valence-electron chi connectivity index (χ0n) is 2.42. The van der Waals surface area contributed by atoms with Crippen LogP contribution in [0.25, 0.3) is 0 Å². The first-order chi connectivity index (χ1) is 1.73. The van der Waals surface area contributed by atoms with Gasteiger partial charge in [-0.2, -0.15) is 0 Å². The maximum atomic E-state index is 8.36. The van der Waals surface area contributed by atoms with Crippen LogP contribution in [0.1, 0.15) is 0 Å². The number of hydrogen-bond donors (Lipinski definition) is 1. The Balaban J connectivity index is 0. The van der Waals surface area contributed by atoms with Gasteiger partial charge in [-0.25, -0.2) is 0 Å². The van der Waals surface area contributed by atoms with Gasteiger partial charge < -0.3 is 5.21 Å². The van der Waals surface area contributed by atoms with Crippen LogP contribution in [-0.2, 0) is 0 Å². The lowest BCUT2D eigenvalue weighted by Crippen LogP contribution is -1.81. The molecule has 0 fully saturated rings. The highest BCUT2D eigenvalue weighted by Gasteiger charge is 1.65. The molecule has 0 spiro atoms. The fourth-order valence-corrected chi connectivity index (χ4v) is 0. The van der Waals surface area contributed by atoms with Crippen LogP contribution >= 0.6 is 0 Å². The lowest BCUT2D eigenvalue weighted by Gasteiger charge is -1.56. The summed E-state index contributed by atoms with van der Waals surface area (Å²) in [4.78, 5) is 8.36. The summed E-state index contributed by atoms with van der Waals surface area (Å²) >= 11 is 0. The van der Waals surface area contributed by atoms with Crippen molar-refractivity contribution in [3.8, 4) is 0 Å². The van der Waals surface area contributed by atoms with Gasteiger partial charge in [0.1, 0.15) is 0 Å². The molecule has 0 aromatic carbocycles. The summed E-state index contributed by atoms with van der Waals surface area (Å²) in [6.45, 7) is 0. The van der Waals surface area contributed by atoms with Gasteiger partial charge in [-0.05, 0) is 0 Å². The molecule has 0 aromatic rings. The van der Waals surface area contributed by atoms with E-state index in [9.17, 15) is 0 Å². The van der Waals surface area contributed by atoms with E-state index in [0.29, 0.717) is 0 Å². The van der Waals surface area contributed by atoms with Crippen molar-refractivity contribution >= 4 is 23.1 Å². The van der Waals surface area contributed by atoms with Gasteiger partial charge in [0.25, 0.3) is 5.09 Å². The van der Waals surface area contributed by atoms with Crippen LogP contribution in [0.3, 0.4) is 0 Å². The van der Waals surface area contributed by atoms with Crippen molar-refractivity contribution in [2.45, 2.75) is 0 Å². The van der Waals surface area contributed by atoms with Gasteiger partial charge in [-0.1, -0.05) is 0 Å². The molecule has 4 nitrogen and oxygen atoms in total. The topological polar surface area (TPSA) is 63.4 Å². The molecule has 0 saturated heterocycles. The van der Waals surface area contributed by atoms with Gasteiger partial charge in [0.15, 0.2) is 0 Å². The highest BCUT2D eigenvalue weighted by molar-refractivity contribution is 5.75. The summed E-state index contributed by atoms with van der Waals surface area (Å²) in [6, 6.07) is 0. The molecular formula is HMgNO3. The third-order valence-corrected chi connectivity index (χ3v) is 0. The molecule has 0 aliphatic carbocycles. The van der Waals surface area contributed by atoms with Crippen molar-refractivity contribution in [3.05, 3.63) is 10.1 Å². The lowest BCUT2D eigenvalue weighted by molar-refractivity contribution is -0.742. The summed E-state index contributed by atoms with van der Waals surface area (Å²) in [5.74, 6) is 0. The molecule has 0 heterocycles. The van der Waals surface area contributed by atoms with E-state index in [1.807, 2.05) is 0 Å². The SMILES string of the molecule is O=[N+]([O-])O.[Mg]. The summed E-state index contributed by atoms with van der Waals surface area (Å²) in [5.41, 5.74) is 0. The molecule has 0 amide bonds. The zero-order chi connectivity index (χ0) is 3.58. The third kappa shape index (κ3) is 13400. The van der Waals surface area contributed by atoms with E-state index in [0.717, 1.165) is 0 Å². The predicted molar refractivity (Wildman–Crippen MR) is 14.5 cm³/mol. The maximum absolute atomic E-state index is 8.36. The largest absolute Gasteiger partial charge is 0.328 e. The van der Waals surface area contributed by atoms with Gasteiger partial charge in [0.05, 0.1) is 0 Å². The summed E-state index contributed by atoms with van der Waals surface area (Å²) < 4.78 is 0. The highest BCUT2D eigenvalue weighted by atomic mass is 24.3. The van der Waals surface area contributed by atoms with E-state index < -0.39 is 5.09 Å². The van der Waals surface area contributed by atoms with E-state index in [-0.39, 0.29) is 23.1 Å². The molecule has 26 valence electrons. The van der Waals surface area contributed by atoms with Crippen molar-refractivity contribution in [2.75, 3.05) is 0 Å². The van der Waals surface area contributed by atoms with Crippen LogP contribution in [0.5, 0.6) is 0 Å². The molecule has 0 aliphatic rings. The number of rotatable bonds is 0. The van der Waals surface area contributed by atoms with Gasteiger partial charge >= 0.3 is 0 Å². The van der Waals surface area contributed by atoms with E-state index in [1.54, 1.807) is 0 Å². The zero-order valence-corrected chi connectivity index (χ0v) is 3.83. The molecule has 0 unspecified atom stereocenters. The van der Waals surface area contributed by atoms with Crippen LogP contribution in [0.15, 0.2) is 0 Å². The van der Waals surface area contributed by atoms with Crippen LogP contribution in [-0.4, -0.2) is 33.3 Å². The van der Waals surface area contributed by atoms with Crippen molar-refractivity contribution < 1.29 is 10.3 Å². The van der Waals surface area contributed by atoms with Crippen molar-refractivity contribution in [3.63, 3.8) is 0 Å². The first kappa shape index (κ1) is 8.88. The van der Waals surface area contributed by atoms with Crippen molar-refractivity contribution in [1.29, 1.82) is 0 Å². The molecule has 0 aromatic heterocycles. The van der Waals surface area contributed by atoms with Crippen molar-refractivity contribution in [1.82, 2.24) is 0 Å². The number of nitrogens with zero attached hydrogens (tertiary/aromatic N) is 1. The van der Waals surface area contributed by atoms with E-state index in [2.05, 4.69) is 0 Å². The first-order valence-electron chi connectivity index (χ1n) is 0.565. The minimum absolute atomic E-state index is 0. The summed E-state index contributed by atoms with van der Waals surface area (Å²) in [5, 5.41) is 13.6. The fraction of sp³-hybridized carbons (Fsp3) is 0. The van der Waals surface area contributed by atoms with E-state index in [1.165, 1.54) is 0 Å². The van der Waals surface area contributed by atoms with Crippen LogP contribution in [0.4, 0.5) is 0 Å². The maximum Gasteiger partial charge on any atom is 0.291 e. The molecule has 0 bridgehead atoms. The monoisotopic (exact) mass is 87.0 g/mol. The molecule has 1 N–H and O–H groups in total. The van der Waals surface area contributed by atoms with Gasteiger partial charge in [0.2, 0.25) is 0 Å². The Hall–Kier alpha value is -0.0338. The molecule has 5 heavy (non-hydrogen) atoms. The average Bonchev–Trinajstić information content (AvgIpc) is 0.811. The second kappa shape index (κ2) is 3.97. The van der Waals surface area contributed by atoms with E-state index in [4.69, 9.17) is 15.3 Å². The fourth-order valence-electron chi connectivity index (χ4n) is 0. The molecule has 0 atom stereocenters. The molecule has 2 radical (unpaired) electrons. The van der Waals surface area contributed by atoms with E-state index >= 15 is 0 Å². The predicted octanol–water partition coefficient (Wildman–Crippen LogP) is -0.729. The minimum Gasteiger partial charge on any atom is -0.328 e. The Morgan fingerprint density at radius 3 is 1.80 bits per heavy atom.